The summed E-state index contributed by atoms with van der Waals surface area (Å²) in [5.74, 6) is 0. The largest absolute Gasteiger partial charge is 0.377 e. The molecule has 0 saturated carbocycles. The number of rotatable bonds is 3. The van der Waals surface area contributed by atoms with Crippen LogP contribution in [0.1, 0.15) is 30.5 Å². The Labute approximate surface area is 110 Å². The normalized spacial score (nSPS) is 23.6. The molecule has 1 aromatic rings. The van der Waals surface area contributed by atoms with Gasteiger partial charge in [-0.3, -0.25) is 4.90 Å². The molecule has 1 fully saturated rings. The van der Waals surface area contributed by atoms with Crippen molar-refractivity contribution in [1.29, 1.82) is 0 Å². The molecule has 0 radical (unpaired) electrons. The first-order chi connectivity index (χ1) is 8.70. The summed E-state index contributed by atoms with van der Waals surface area (Å²) in [6.45, 7) is 7.84. The predicted molar refractivity (Wildman–Crippen MR) is 74.6 cm³/mol. The molecule has 1 aromatic carbocycles. The van der Waals surface area contributed by atoms with Crippen molar-refractivity contribution in [2.75, 3.05) is 26.2 Å². The van der Waals surface area contributed by atoms with Gasteiger partial charge in [0.05, 0.1) is 6.10 Å². The Bertz CT molecular complexity index is 381. The van der Waals surface area contributed by atoms with Crippen molar-refractivity contribution in [3.63, 3.8) is 0 Å². The molecule has 2 unspecified atom stereocenters. The fourth-order valence-electron chi connectivity index (χ4n) is 2.68. The topological polar surface area (TPSA) is 38.5 Å². The first-order valence-electron chi connectivity index (χ1n) is 6.83. The molecule has 100 valence electrons. The average Bonchev–Trinajstić information content (AvgIpc) is 2.55. The van der Waals surface area contributed by atoms with Crippen molar-refractivity contribution in [2.24, 2.45) is 5.73 Å². The molecule has 0 bridgehead atoms. The van der Waals surface area contributed by atoms with E-state index in [0.717, 1.165) is 26.1 Å². The molecule has 18 heavy (non-hydrogen) atoms. The van der Waals surface area contributed by atoms with Gasteiger partial charge in [-0.1, -0.05) is 29.8 Å². The zero-order valence-corrected chi connectivity index (χ0v) is 11.4. The van der Waals surface area contributed by atoms with E-state index >= 15 is 0 Å². The van der Waals surface area contributed by atoms with Crippen LogP contribution in [0.25, 0.3) is 0 Å². The van der Waals surface area contributed by atoms with Gasteiger partial charge in [-0.05, 0) is 25.8 Å². The Balaban J connectivity index is 2.16. The number of nitrogens with zero attached hydrogens (tertiary/aromatic N) is 1. The number of hydrogen-bond acceptors (Lipinski definition) is 3. The van der Waals surface area contributed by atoms with Crippen LogP contribution in [-0.4, -0.2) is 37.2 Å². The molecule has 0 aliphatic carbocycles. The van der Waals surface area contributed by atoms with Gasteiger partial charge >= 0.3 is 0 Å². The highest BCUT2D eigenvalue weighted by Crippen LogP contribution is 2.22. The Hall–Kier alpha value is -0.900. The predicted octanol–water partition coefficient (Wildman–Crippen LogP) is 2.11. The Morgan fingerprint density at radius 1 is 1.50 bits per heavy atom. The van der Waals surface area contributed by atoms with E-state index in [1.54, 1.807) is 0 Å². The van der Waals surface area contributed by atoms with Gasteiger partial charge in [0.2, 0.25) is 0 Å². The third-order valence-corrected chi connectivity index (χ3v) is 3.57. The van der Waals surface area contributed by atoms with E-state index in [2.05, 4.69) is 43.0 Å². The quantitative estimate of drug-likeness (QED) is 0.890. The van der Waals surface area contributed by atoms with Crippen molar-refractivity contribution in [3.05, 3.63) is 35.4 Å². The zero-order chi connectivity index (χ0) is 13.0. The minimum Gasteiger partial charge on any atom is -0.377 e. The Morgan fingerprint density at radius 3 is 3.06 bits per heavy atom. The average molecular weight is 248 g/mol. The molecule has 3 heteroatoms. The minimum absolute atomic E-state index is 0.298. The monoisotopic (exact) mass is 248 g/mol. The van der Waals surface area contributed by atoms with Gasteiger partial charge in [-0.15, -0.1) is 0 Å². The van der Waals surface area contributed by atoms with E-state index in [4.69, 9.17) is 10.5 Å². The summed E-state index contributed by atoms with van der Waals surface area (Å²) in [4.78, 5) is 2.46. The second kappa shape index (κ2) is 6.32. The molecule has 2 N–H and O–H groups in total. The number of hydrogen-bond donors (Lipinski definition) is 1. The molecule has 1 aliphatic heterocycles. The summed E-state index contributed by atoms with van der Waals surface area (Å²) in [6.07, 6.45) is 1.39. The molecule has 2 rings (SSSR count). The van der Waals surface area contributed by atoms with Crippen LogP contribution < -0.4 is 5.73 Å². The molecule has 2 atom stereocenters. The van der Waals surface area contributed by atoms with Gasteiger partial charge in [-0.2, -0.15) is 0 Å². The summed E-state index contributed by atoms with van der Waals surface area (Å²) in [6, 6.07) is 8.99. The molecule has 0 spiro atoms. The molecule has 1 heterocycles. The summed E-state index contributed by atoms with van der Waals surface area (Å²) >= 11 is 0. The fraction of sp³-hybridized carbons (Fsp3) is 0.600. The molecule has 1 saturated heterocycles. The van der Waals surface area contributed by atoms with Crippen molar-refractivity contribution < 1.29 is 4.74 Å². The van der Waals surface area contributed by atoms with Crippen LogP contribution in [-0.2, 0) is 4.74 Å². The second-order valence-corrected chi connectivity index (χ2v) is 5.20. The standard InChI is InChI=1S/C15H24N2O/c1-12-5-3-6-14(9-12)15(10-16)17-7-4-8-18-13(2)11-17/h3,5-6,9,13,15H,4,7-8,10-11,16H2,1-2H3. The van der Waals surface area contributed by atoms with Crippen molar-refractivity contribution >= 4 is 0 Å². The lowest BCUT2D eigenvalue weighted by Gasteiger charge is -2.31. The number of benzene rings is 1. The van der Waals surface area contributed by atoms with E-state index in [0.29, 0.717) is 18.7 Å². The molecule has 3 nitrogen and oxygen atoms in total. The highest BCUT2D eigenvalue weighted by molar-refractivity contribution is 5.25. The van der Waals surface area contributed by atoms with Crippen LogP contribution in [0.2, 0.25) is 0 Å². The summed E-state index contributed by atoms with van der Waals surface area (Å²) in [5, 5.41) is 0. The van der Waals surface area contributed by atoms with Crippen molar-refractivity contribution in [1.82, 2.24) is 4.90 Å². The van der Waals surface area contributed by atoms with Crippen LogP contribution >= 0.6 is 0 Å². The van der Waals surface area contributed by atoms with Gasteiger partial charge in [0.25, 0.3) is 0 Å². The maximum absolute atomic E-state index is 6.00. The Kier molecular flexibility index (Phi) is 4.75. The highest BCUT2D eigenvalue weighted by Gasteiger charge is 2.23. The van der Waals surface area contributed by atoms with E-state index < -0.39 is 0 Å². The SMILES string of the molecule is Cc1cccc(C(CN)N2CCCOC(C)C2)c1. The third-order valence-electron chi connectivity index (χ3n) is 3.57. The van der Waals surface area contributed by atoms with Gasteiger partial charge in [-0.25, -0.2) is 0 Å². The highest BCUT2D eigenvalue weighted by atomic mass is 16.5. The maximum atomic E-state index is 6.00. The van der Waals surface area contributed by atoms with Crippen LogP contribution in [0.15, 0.2) is 24.3 Å². The Morgan fingerprint density at radius 2 is 2.33 bits per heavy atom. The van der Waals surface area contributed by atoms with Crippen LogP contribution in [0.3, 0.4) is 0 Å². The van der Waals surface area contributed by atoms with Crippen LogP contribution in [0, 0.1) is 6.92 Å². The first kappa shape index (κ1) is 13.5. The molecule has 0 amide bonds. The van der Waals surface area contributed by atoms with Gasteiger partial charge < -0.3 is 10.5 Å². The summed E-state index contributed by atoms with van der Waals surface area (Å²) in [5.41, 5.74) is 8.62. The van der Waals surface area contributed by atoms with Crippen molar-refractivity contribution in [2.45, 2.75) is 32.4 Å². The molecular formula is C15H24N2O. The number of nitrogens with two attached hydrogens (primary N) is 1. The number of aryl methyl sites for hydroxylation is 1. The van der Waals surface area contributed by atoms with Gasteiger partial charge in [0.1, 0.15) is 0 Å². The lowest BCUT2D eigenvalue weighted by Crippen LogP contribution is -2.37. The number of ether oxygens (including phenoxy) is 1. The molecule has 0 aromatic heterocycles. The van der Waals surface area contributed by atoms with Crippen molar-refractivity contribution in [3.8, 4) is 0 Å². The van der Waals surface area contributed by atoms with Gasteiger partial charge in [0.15, 0.2) is 0 Å². The summed E-state index contributed by atoms with van der Waals surface area (Å²) < 4.78 is 5.70. The minimum atomic E-state index is 0.298. The maximum Gasteiger partial charge on any atom is 0.0674 e. The molecule has 1 aliphatic rings. The fourth-order valence-corrected chi connectivity index (χ4v) is 2.68. The summed E-state index contributed by atoms with van der Waals surface area (Å²) in [7, 11) is 0. The van der Waals surface area contributed by atoms with Crippen LogP contribution in [0.4, 0.5) is 0 Å². The van der Waals surface area contributed by atoms with E-state index in [-0.39, 0.29) is 0 Å². The van der Waals surface area contributed by atoms with Gasteiger partial charge in [0, 0.05) is 32.3 Å². The van der Waals surface area contributed by atoms with Crippen LogP contribution in [0.5, 0.6) is 0 Å². The van der Waals surface area contributed by atoms with E-state index in [9.17, 15) is 0 Å². The third kappa shape index (κ3) is 3.31. The smallest absolute Gasteiger partial charge is 0.0674 e. The van der Waals surface area contributed by atoms with E-state index in [1.165, 1.54) is 11.1 Å². The lowest BCUT2D eigenvalue weighted by molar-refractivity contribution is 0.0612. The zero-order valence-electron chi connectivity index (χ0n) is 11.4. The molecular weight excluding hydrogens is 224 g/mol. The van der Waals surface area contributed by atoms with E-state index in [1.807, 2.05) is 0 Å². The first-order valence-corrected chi connectivity index (χ1v) is 6.83. The second-order valence-electron chi connectivity index (χ2n) is 5.20. The lowest BCUT2D eigenvalue weighted by atomic mass is 10.0.